The van der Waals surface area contributed by atoms with Crippen LogP contribution in [0.4, 0.5) is 0 Å². The van der Waals surface area contributed by atoms with Gasteiger partial charge in [0, 0.05) is 42.9 Å². The Morgan fingerprint density at radius 3 is 2.03 bits per heavy atom. The third-order valence-corrected chi connectivity index (χ3v) is 16.7. The number of aromatic hydroxyl groups is 1. The molecule has 10 amide bonds. The summed E-state index contributed by atoms with van der Waals surface area (Å²) < 4.78 is -0.726. The number of primary amides is 2. The second-order valence-electron chi connectivity index (χ2n) is 19.9. The number of phenolic OH excluding ortho intramolecular Hbond substituents is 1. The van der Waals surface area contributed by atoms with E-state index in [0.717, 1.165) is 19.3 Å². The van der Waals surface area contributed by atoms with Gasteiger partial charge < -0.3 is 70.2 Å². The Labute approximate surface area is 455 Å². The Balaban J connectivity index is 1.51. The molecule has 0 aromatic heterocycles. The summed E-state index contributed by atoms with van der Waals surface area (Å²) in [5.41, 5.74) is 23.1. The van der Waals surface area contributed by atoms with Crippen molar-refractivity contribution < 1.29 is 53.1 Å². The summed E-state index contributed by atoms with van der Waals surface area (Å²) in [5, 5.41) is 28.9. The highest BCUT2D eigenvalue weighted by molar-refractivity contribution is 8.77. The number of benzene rings is 2. The van der Waals surface area contributed by atoms with E-state index < -0.39 is 125 Å². The Bertz CT molecular complexity index is 2460. The number of carbonyl (C=O) groups excluding carboxylic acids is 10. The molecule has 5 rings (SSSR count). The van der Waals surface area contributed by atoms with Crippen LogP contribution in [0.5, 0.6) is 5.75 Å². The predicted molar refractivity (Wildman–Crippen MR) is 290 cm³/mol. The number of hydrogen-bond acceptors (Lipinski definition) is 14. The minimum atomic E-state index is -1.66. The number of carbonyl (C=O) groups is 10. The maximum Gasteiger partial charge on any atom is 0.246 e. The number of rotatable bonds is 17. The summed E-state index contributed by atoms with van der Waals surface area (Å²) in [6.07, 6.45) is 3.56. The van der Waals surface area contributed by atoms with Gasteiger partial charge in [0.05, 0.1) is 13.0 Å². The van der Waals surface area contributed by atoms with Crippen molar-refractivity contribution in [2.75, 3.05) is 25.4 Å². The second kappa shape index (κ2) is 29.4. The fraction of sp³-hybridized carbons (Fsp3) is 0.549. The molecule has 1 spiro atoms. The van der Waals surface area contributed by atoms with Crippen molar-refractivity contribution in [3.05, 3.63) is 65.7 Å². The highest BCUT2D eigenvalue weighted by atomic mass is 33.1. The van der Waals surface area contributed by atoms with E-state index in [4.69, 9.17) is 22.9 Å². The van der Waals surface area contributed by atoms with E-state index in [0.29, 0.717) is 30.4 Å². The molecule has 0 unspecified atom stereocenters. The van der Waals surface area contributed by atoms with Gasteiger partial charge in [0.2, 0.25) is 59.1 Å². The number of guanidine groups is 1. The van der Waals surface area contributed by atoms with Gasteiger partial charge in [0.15, 0.2) is 5.96 Å². The van der Waals surface area contributed by atoms with Crippen molar-refractivity contribution in [2.24, 2.45) is 33.8 Å². The van der Waals surface area contributed by atoms with Gasteiger partial charge in [-0.15, -0.1) is 0 Å². The minimum absolute atomic E-state index is 0.00648. The number of likely N-dealkylation sites (tertiary alicyclic amines) is 1. The monoisotopic (exact) mass is 1110 g/mol. The molecule has 1 aliphatic carbocycles. The van der Waals surface area contributed by atoms with Gasteiger partial charge in [-0.25, -0.2) is 0 Å². The van der Waals surface area contributed by atoms with Gasteiger partial charge in [-0.1, -0.05) is 97.2 Å². The Kier molecular flexibility index (Phi) is 23.2. The van der Waals surface area contributed by atoms with Gasteiger partial charge in [-0.3, -0.25) is 52.9 Å². The molecule has 1 saturated carbocycles. The highest BCUT2D eigenvalue weighted by Crippen LogP contribution is 2.48. The Morgan fingerprint density at radius 2 is 1.39 bits per heavy atom. The molecule has 420 valence electrons. The third-order valence-electron chi connectivity index (χ3n) is 13.4. The molecule has 7 atom stereocenters. The maximum atomic E-state index is 14.9. The van der Waals surface area contributed by atoms with E-state index in [2.05, 4.69) is 42.2 Å². The summed E-state index contributed by atoms with van der Waals surface area (Å²) >= 11 is 0. The number of hydrogen-bond donors (Lipinski definition) is 12. The lowest BCUT2D eigenvalue weighted by atomic mass is 9.85. The molecule has 3 fully saturated rings. The largest absolute Gasteiger partial charge is 0.508 e. The first kappa shape index (κ1) is 60.8. The predicted octanol–water partition coefficient (Wildman–Crippen LogP) is -1.25. The average molecular weight is 1110 g/mol. The summed E-state index contributed by atoms with van der Waals surface area (Å²) in [5.74, 6) is -8.67. The van der Waals surface area contributed by atoms with Crippen LogP contribution in [0.25, 0.3) is 0 Å². The zero-order chi connectivity index (χ0) is 56.2. The van der Waals surface area contributed by atoms with Crippen molar-refractivity contribution in [1.29, 1.82) is 0 Å². The standard InChI is InChI=1S/C51H73N13O11S2/c1-29(2)42-48(74)61-36(25-39(52)66)45(71)62-37(49(75)64-22-10-14-38(64)47(73)59-33(13-9-21-56-50(54)55)43(69)57-27-40(53)67)28-76-77-51(19-7-4-8-20-51)26-41(68)58-34(24-31-15-17-32(65)18-16-31)44(70)60-35(46(72)63-42)23-30-11-5-3-6-12-30/h3,5-6,11-12,15-18,29,33-38,42,65H,4,7-10,13-14,19-28H2,1-2H3,(H2,52,66)(H2,53,67)(H,57,69)(H,58,68)(H,59,73)(H,60,70)(H,61,74)(H,62,71)(H,63,72)(H4,54,55,56)/t33-,34-,35-,36-,37-,38-,42-/m0/s1. The van der Waals surface area contributed by atoms with Crippen LogP contribution in [0.2, 0.25) is 0 Å². The van der Waals surface area contributed by atoms with Crippen molar-refractivity contribution >= 4 is 86.6 Å². The Morgan fingerprint density at radius 1 is 0.766 bits per heavy atom. The summed E-state index contributed by atoms with van der Waals surface area (Å²) in [4.78, 5) is 144. The van der Waals surface area contributed by atoms with E-state index >= 15 is 0 Å². The summed E-state index contributed by atoms with van der Waals surface area (Å²) in [7, 11) is 2.56. The average Bonchev–Trinajstić information content (AvgIpc) is 3.88. The van der Waals surface area contributed by atoms with Crippen LogP contribution in [0, 0.1) is 5.92 Å². The lowest BCUT2D eigenvalue weighted by molar-refractivity contribution is -0.142. The molecule has 2 aliphatic heterocycles. The van der Waals surface area contributed by atoms with E-state index in [1.54, 1.807) is 56.3 Å². The molecule has 2 aromatic carbocycles. The SMILES string of the molecule is CC(C)[C@@H]1NC(=O)[C@H](Cc2ccccc2)NC(=O)[C@H](Cc2ccc(O)cc2)NC(=O)CC2(CCCCC2)SSC[C@@H](C(=O)N2CCC[C@H]2C(=O)N[C@@H](CCCN=C(N)N)C(=O)NCC(N)=O)NC(=O)[C@H](CC(N)=O)NC1=O. The molecule has 24 nitrogen and oxygen atoms in total. The molecule has 2 aromatic rings. The molecule has 3 aliphatic rings. The smallest absolute Gasteiger partial charge is 0.246 e. The number of amides is 10. The van der Waals surface area contributed by atoms with Crippen LogP contribution in [0.15, 0.2) is 59.6 Å². The number of phenols is 1. The topological polar surface area (TPSA) is 395 Å². The number of aliphatic imine (C=N–C) groups is 1. The molecule has 2 heterocycles. The van der Waals surface area contributed by atoms with Gasteiger partial charge in [0.25, 0.3) is 0 Å². The zero-order valence-corrected chi connectivity index (χ0v) is 45.0. The fourth-order valence-electron chi connectivity index (χ4n) is 9.41. The van der Waals surface area contributed by atoms with Gasteiger partial charge in [0.1, 0.15) is 48.0 Å². The van der Waals surface area contributed by atoms with E-state index in [-0.39, 0.29) is 69.1 Å². The van der Waals surface area contributed by atoms with E-state index in [1.807, 2.05) is 0 Å². The van der Waals surface area contributed by atoms with Crippen LogP contribution in [0.3, 0.4) is 0 Å². The molecule has 0 bridgehead atoms. The van der Waals surface area contributed by atoms with Crippen molar-refractivity contribution in [3.63, 3.8) is 0 Å². The van der Waals surface area contributed by atoms with Crippen LogP contribution in [-0.2, 0) is 60.8 Å². The van der Waals surface area contributed by atoms with E-state index in [1.165, 1.54) is 38.6 Å². The lowest BCUT2D eigenvalue weighted by Gasteiger charge is -2.37. The van der Waals surface area contributed by atoms with Gasteiger partial charge in [-0.2, -0.15) is 0 Å². The van der Waals surface area contributed by atoms with Crippen LogP contribution in [0.1, 0.15) is 95.6 Å². The number of nitrogens with one attached hydrogen (secondary N) is 7. The third kappa shape index (κ3) is 19.2. The molecular formula is C51H73N13O11S2. The summed E-state index contributed by atoms with van der Waals surface area (Å²) in [6.45, 7) is 2.94. The van der Waals surface area contributed by atoms with Crippen molar-refractivity contribution in [3.8, 4) is 5.75 Å². The first-order chi connectivity index (χ1) is 36.6. The molecular weight excluding hydrogens is 1030 g/mol. The van der Waals surface area contributed by atoms with Crippen molar-refractivity contribution in [1.82, 2.24) is 42.1 Å². The molecule has 26 heteroatoms. The Hall–Kier alpha value is -7.09. The van der Waals surface area contributed by atoms with Gasteiger partial charge >= 0.3 is 0 Å². The fourth-order valence-corrected chi connectivity index (χ4v) is 12.8. The minimum Gasteiger partial charge on any atom is -0.508 e. The van der Waals surface area contributed by atoms with Crippen LogP contribution >= 0.6 is 21.6 Å². The molecule has 2 saturated heterocycles. The molecule has 0 radical (unpaired) electrons. The van der Waals surface area contributed by atoms with Crippen LogP contribution in [-0.4, -0.2) is 147 Å². The maximum absolute atomic E-state index is 14.9. The van der Waals surface area contributed by atoms with E-state index in [9.17, 15) is 53.1 Å². The normalized spacial score (nSPS) is 23.2. The van der Waals surface area contributed by atoms with Gasteiger partial charge in [-0.05, 0) is 67.7 Å². The highest BCUT2D eigenvalue weighted by Gasteiger charge is 2.42. The summed E-state index contributed by atoms with van der Waals surface area (Å²) in [6, 6.07) is 5.68. The quantitative estimate of drug-likeness (QED) is 0.0381. The number of nitrogens with zero attached hydrogens (tertiary/aromatic N) is 2. The number of nitrogens with two attached hydrogens (primary N) is 4. The van der Waals surface area contributed by atoms with Crippen molar-refractivity contribution in [2.45, 2.75) is 144 Å². The zero-order valence-electron chi connectivity index (χ0n) is 43.4. The first-order valence-electron chi connectivity index (χ1n) is 25.8. The second-order valence-corrected chi connectivity index (χ2v) is 22.7. The first-order valence-corrected chi connectivity index (χ1v) is 28.1. The molecule has 16 N–H and O–H groups in total. The van der Waals surface area contributed by atoms with Crippen LogP contribution < -0.4 is 60.2 Å². The molecule has 77 heavy (non-hydrogen) atoms. The lowest BCUT2D eigenvalue weighted by Crippen LogP contribution is -2.61.